The second-order valence-electron chi connectivity index (χ2n) is 23.0. The van der Waals surface area contributed by atoms with Crippen LogP contribution in [0.1, 0.15) is 193 Å². The quantitative estimate of drug-likeness (QED) is 0.182. The standard InChI is InChI=1S/C54H89N9.6ClH.3Zn/c1-7-31-55-49(13-1)61(50-14-2-8-32-56-50)46-25-19-40(20-26-46)43-37-44(41-21-27-47(28-22-41)62(51-15-3-9-33-57-51)52-16-4-10-34-58-52)39-45(38-43)42-23-29-48(30-24-42)63(53-17-5-11-35-59-53)54-18-6-12-36-60-54;;;;;;;;;/h1,7,13,40-48,50-54H,2-6,8-12,14-39H2;6*1H;;;/q-6;;;;;;;3*+2/p-6. The molecule has 10 rings (SSSR count). The van der Waals surface area contributed by atoms with Crippen molar-refractivity contribution < 1.29 is 45.4 Å². The minimum atomic E-state index is -0.931. The van der Waals surface area contributed by atoms with E-state index in [1.807, 2.05) is 0 Å². The third-order valence-electron chi connectivity index (χ3n) is 19.0. The zero-order valence-corrected chi connectivity index (χ0v) is 57.6. The number of halogens is 6. The van der Waals surface area contributed by atoms with Crippen LogP contribution in [-0.4, -0.2) is 103 Å². The molecule has 4 aliphatic carbocycles. The van der Waals surface area contributed by atoms with Crippen LogP contribution < -0.4 is 0 Å². The Hall–Kier alpha value is 2.41. The topological polar surface area (TPSA) is 94.3 Å². The Labute approximate surface area is 485 Å². The molecule has 0 spiro atoms. The second-order valence-corrected chi connectivity index (χ2v) is 36.9. The van der Waals surface area contributed by atoms with E-state index in [0.717, 1.165) is 74.8 Å². The Morgan fingerprint density at radius 3 is 0.944 bits per heavy atom. The summed E-state index contributed by atoms with van der Waals surface area (Å²) in [4.78, 5) is 8.52. The van der Waals surface area contributed by atoms with Crippen LogP contribution in [0.25, 0.3) is 31.9 Å². The van der Waals surface area contributed by atoms with Gasteiger partial charge in [-0.2, -0.15) is 0 Å². The molecule has 0 aromatic carbocycles. The fraction of sp³-hybridized carbons (Fsp3) is 0.926. The fourth-order valence-electron chi connectivity index (χ4n) is 15.8. The Balaban J connectivity index is 0.000000788. The first-order valence-electron chi connectivity index (χ1n) is 29.6. The van der Waals surface area contributed by atoms with E-state index in [1.165, 1.54) is 198 Å². The van der Waals surface area contributed by atoms with Crippen LogP contribution in [0.3, 0.4) is 0 Å². The molecular weight excluding hydrogens is 1180 g/mol. The van der Waals surface area contributed by atoms with Crippen molar-refractivity contribution in [1.82, 2.24) is 14.7 Å². The summed E-state index contributed by atoms with van der Waals surface area (Å²) < 4.78 is 0. The molecule has 72 heavy (non-hydrogen) atoms. The van der Waals surface area contributed by atoms with E-state index in [9.17, 15) is 0 Å². The van der Waals surface area contributed by atoms with Gasteiger partial charge in [0.25, 0.3) is 0 Å². The molecule has 5 saturated heterocycles. The molecular formula is C54H89Cl6N9Zn3-6. The van der Waals surface area contributed by atoms with E-state index in [0.29, 0.717) is 49.0 Å². The molecule has 6 aliphatic heterocycles. The van der Waals surface area contributed by atoms with E-state index in [-0.39, 0.29) is 0 Å². The number of allylic oxidation sites excluding steroid dienone is 2. The van der Waals surface area contributed by atoms with Gasteiger partial charge in [0.2, 0.25) is 0 Å². The predicted molar refractivity (Wildman–Crippen MR) is 297 cm³/mol. The molecule has 0 aromatic rings. The molecule has 9 fully saturated rings. The van der Waals surface area contributed by atoms with Gasteiger partial charge >= 0.3 is 104 Å². The van der Waals surface area contributed by atoms with Crippen LogP contribution in [-0.2, 0) is 45.4 Å². The molecule has 0 amide bonds. The number of piperidine rings is 5. The van der Waals surface area contributed by atoms with Gasteiger partial charge in [-0.25, -0.2) is 0 Å². The molecule has 6 heterocycles. The summed E-state index contributed by atoms with van der Waals surface area (Å²) in [5.74, 6) is 6.71. The van der Waals surface area contributed by atoms with Crippen LogP contribution in [0.5, 0.6) is 0 Å². The Morgan fingerprint density at radius 2 is 0.667 bits per heavy atom. The molecule has 18 heteroatoms. The van der Waals surface area contributed by atoms with E-state index in [2.05, 4.69) is 32.9 Å². The number of hydrogen-bond donors (Lipinski definition) is 0. The average molecular weight is 1270 g/mol. The molecule has 0 radical (unpaired) electrons. The predicted octanol–water partition coefficient (Wildman–Crippen LogP) is 17.9. The molecule has 9 nitrogen and oxygen atoms in total. The van der Waals surface area contributed by atoms with Crippen LogP contribution in [0.2, 0.25) is 0 Å². The van der Waals surface area contributed by atoms with Crippen molar-refractivity contribution in [2.24, 2.45) is 35.5 Å². The SMILES string of the molecule is C1=CC[N-]C(N(C2CCC(C3CC(C4CCC(N(C5CCCC[N-]5)C5CCCC[N-]5)CC4)CC(C4CCC(N(C5CCCC[N-]5)C5CCCC[N-]5)CC4)C3)CC2)C2CCCC[N-]2)=C1.[Cl][Zn][Cl].[Cl][Zn][Cl].[Cl][Zn][Cl]. The summed E-state index contributed by atoms with van der Waals surface area (Å²) >= 11 is -2.79. The van der Waals surface area contributed by atoms with Crippen molar-refractivity contribution in [2.45, 2.75) is 242 Å². The van der Waals surface area contributed by atoms with Gasteiger partial charge < -0.3 is 46.6 Å². The molecule has 0 bridgehead atoms. The van der Waals surface area contributed by atoms with Crippen molar-refractivity contribution in [3.63, 3.8) is 0 Å². The Morgan fingerprint density at radius 1 is 0.361 bits per heavy atom. The summed E-state index contributed by atoms with van der Waals surface area (Å²) in [6, 6.07) is 1.98. The zero-order valence-electron chi connectivity index (χ0n) is 44.2. The van der Waals surface area contributed by atoms with Gasteiger partial charge in [0.05, 0.1) is 0 Å². The Bertz CT molecular complexity index is 1390. The van der Waals surface area contributed by atoms with Crippen molar-refractivity contribution in [3.05, 3.63) is 55.9 Å². The van der Waals surface area contributed by atoms with Gasteiger partial charge in [0.1, 0.15) is 0 Å². The molecule has 7 atom stereocenters. The number of rotatable bonds is 12. The summed E-state index contributed by atoms with van der Waals surface area (Å²) in [5.41, 5.74) is 0. The van der Waals surface area contributed by atoms with E-state index >= 15 is 0 Å². The van der Waals surface area contributed by atoms with Gasteiger partial charge in [-0.05, 0) is 119 Å². The number of nitrogens with zero attached hydrogens (tertiary/aromatic N) is 9. The summed E-state index contributed by atoms with van der Waals surface area (Å²) in [7, 11) is 29.7. The summed E-state index contributed by atoms with van der Waals surface area (Å²) in [6.07, 6.45) is 49.6. The van der Waals surface area contributed by atoms with Crippen molar-refractivity contribution >= 4 is 58.1 Å². The van der Waals surface area contributed by atoms with Gasteiger partial charge in [-0.3, -0.25) is 0 Å². The van der Waals surface area contributed by atoms with Crippen LogP contribution in [0, 0.1) is 35.5 Å². The van der Waals surface area contributed by atoms with Crippen LogP contribution >= 0.6 is 58.1 Å². The average Bonchev–Trinajstić information content (AvgIpc) is 3.44. The fourth-order valence-corrected chi connectivity index (χ4v) is 15.8. The number of hydrogen-bond acceptors (Lipinski definition) is 3. The zero-order chi connectivity index (χ0) is 50.3. The summed E-state index contributed by atoms with van der Waals surface area (Å²) in [6.45, 7) is 6.13. The van der Waals surface area contributed by atoms with Crippen molar-refractivity contribution in [2.75, 3.05) is 39.3 Å². The maximum absolute atomic E-state index is 5.28. The van der Waals surface area contributed by atoms with E-state index in [4.69, 9.17) is 90.0 Å². The van der Waals surface area contributed by atoms with E-state index in [1.54, 1.807) is 0 Å². The second kappa shape index (κ2) is 35.3. The molecule has 10 aliphatic rings. The van der Waals surface area contributed by atoms with Crippen molar-refractivity contribution in [1.29, 1.82) is 0 Å². The van der Waals surface area contributed by atoms with Gasteiger partial charge in [0.15, 0.2) is 0 Å². The first-order chi connectivity index (χ1) is 35.5. The first-order valence-corrected chi connectivity index (χ1v) is 53.0. The van der Waals surface area contributed by atoms with Crippen molar-refractivity contribution in [3.8, 4) is 0 Å². The van der Waals surface area contributed by atoms with Crippen LogP contribution in [0.4, 0.5) is 0 Å². The normalized spacial score (nSPS) is 37.5. The van der Waals surface area contributed by atoms with Gasteiger partial charge in [-0.15, -0.1) is 38.9 Å². The van der Waals surface area contributed by atoms with E-state index < -0.39 is 45.4 Å². The maximum atomic E-state index is 5.28. The molecule has 7 unspecified atom stereocenters. The Kier molecular flexibility index (Phi) is 30.4. The third kappa shape index (κ3) is 18.7. The minimum absolute atomic E-state index is 0.333. The first kappa shape index (κ1) is 62.0. The van der Waals surface area contributed by atoms with Gasteiger partial charge in [0, 0.05) is 12.1 Å². The van der Waals surface area contributed by atoms with Gasteiger partial charge in [-0.1, -0.05) is 171 Å². The summed E-state index contributed by atoms with van der Waals surface area (Å²) in [5, 5.41) is 31.4. The third-order valence-corrected chi connectivity index (χ3v) is 19.0. The molecule has 4 saturated carbocycles. The van der Waals surface area contributed by atoms with Crippen LogP contribution in [0.15, 0.2) is 24.0 Å². The molecule has 0 aromatic heterocycles. The monoisotopic (exact) mass is 1270 g/mol. The molecule has 0 N–H and O–H groups in total. The molecule has 404 valence electrons.